The second-order valence-electron chi connectivity index (χ2n) is 16.2. The molecule has 2 aliphatic heterocycles. The Morgan fingerprint density at radius 3 is 2.27 bits per heavy atom. The fourth-order valence-electron chi connectivity index (χ4n) is 11.9. The van der Waals surface area contributed by atoms with Gasteiger partial charge >= 0.3 is 17.9 Å². The van der Waals surface area contributed by atoms with E-state index in [1.54, 1.807) is 33.1 Å². The number of ether oxygens (including phenoxy) is 5. The van der Waals surface area contributed by atoms with Crippen molar-refractivity contribution < 1.29 is 62.6 Å². The average Bonchev–Trinajstić information content (AvgIpc) is 3.39. The van der Waals surface area contributed by atoms with Gasteiger partial charge in [0.2, 0.25) is 5.79 Å². The molecule has 0 unspecified atom stereocenters. The smallest absolute Gasteiger partial charge is 0.311 e. The van der Waals surface area contributed by atoms with Crippen LogP contribution in [0.1, 0.15) is 86.1 Å². The van der Waals surface area contributed by atoms with Gasteiger partial charge in [-0.1, -0.05) is 27.7 Å². The van der Waals surface area contributed by atoms with E-state index in [0.717, 1.165) is 12.5 Å². The number of esters is 3. The predicted octanol–water partition coefficient (Wildman–Crippen LogP) is 2.42. The van der Waals surface area contributed by atoms with Crippen LogP contribution >= 0.6 is 0 Å². The number of Topliss-reactive ketones (excluding diaryl/α,β-unsaturated/α-hetero) is 1. The minimum Gasteiger partial charge on any atom is -0.472 e. The summed E-state index contributed by atoms with van der Waals surface area (Å²) in [5.74, 6) is -7.62. The lowest BCUT2D eigenvalue weighted by atomic mass is 9.32. The molecule has 7 rings (SSSR count). The number of rotatable bonds is 6. The molecule has 270 valence electrons. The predicted molar refractivity (Wildman–Crippen MR) is 166 cm³/mol. The summed E-state index contributed by atoms with van der Waals surface area (Å²) in [5, 5.41) is 37.4. The van der Waals surface area contributed by atoms with Crippen LogP contribution in [0.4, 0.5) is 0 Å². The molecule has 4 saturated carbocycles. The van der Waals surface area contributed by atoms with Crippen molar-refractivity contribution in [2.24, 2.45) is 39.4 Å². The number of fused-ring (bicyclic) bond motifs is 1. The molecule has 2 saturated heterocycles. The SMILES string of the molecule is CC[C@@H](C)C(=O)O[C@]1(C)OC[C@]23[C@@H](C[C@@H](O)[C@]4(C)[C@@H]2C(=O)[C@@H](O)[C@@]2(C)[C@H](c5ccoc5)C[C@H]5O[C@]524)[C@]1(C)[C@H](OC(C)=O)[C@H](OC(C)=O)[C@@H]3O. The zero-order valence-corrected chi connectivity index (χ0v) is 29.3. The summed E-state index contributed by atoms with van der Waals surface area (Å²) in [6.07, 6.45) is -3.86. The molecule has 3 N–H and O–H groups in total. The highest BCUT2D eigenvalue weighted by molar-refractivity contribution is 5.91. The summed E-state index contributed by atoms with van der Waals surface area (Å²) >= 11 is 0. The first-order chi connectivity index (χ1) is 22.8. The van der Waals surface area contributed by atoms with E-state index < -0.39 is 111 Å². The molecule has 0 amide bonds. The molecule has 6 fully saturated rings. The Kier molecular flexibility index (Phi) is 7.48. The Labute approximate surface area is 284 Å². The van der Waals surface area contributed by atoms with Gasteiger partial charge in [-0.3, -0.25) is 19.2 Å². The number of aliphatic hydroxyl groups excluding tert-OH is 3. The fourth-order valence-corrected chi connectivity index (χ4v) is 11.9. The van der Waals surface area contributed by atoms with Gasteiger partial charge in [-0.25, -0.2) is 0 Å². The summed E-state index contributed by atoms with van der Waals surface area (Å²) in [4.78, 5) is 53.9. The molecule has 0 radical (unpaired) electrons. The van der Waals surface area contributed by atoms with Crippen LogP contribution in [0.15, 0.2) is 23.0 Å². The zero-order valence-electron chi connectivity index (χ0n) is 29.3. The summed E-state index contributed by atoms with van der Waals surface area (Å²) in [5.41, 5.74) is -6.16. The molecule has 2 bridgehead atoms. The third-order valence-corrected chi connectivity index (χ3v) is 14.5. The summed E-state index contributed by atoms with van der Waals surface area (Å²) in [7, 11) is 0. The zero-order chi connectivity index (χ0) is 35.9. The van der Waals surface area contributed by atoms with Gasteiger partial charge in [-0.05, 0) is 43.7 Å². The van der Waals surface area contributed by atoms with Crippen LogP contribution in [0, 0.1) is 39.4 Å². The fraction of sp³-hybridized carbons (Fsp3) is 0.778. The maximum absolute atomic E-state index is 15.1. The maximum Gasteiger partial charge on any atom is 0.311 e. The monoisotopic (exact) mass is 688 g/mol. The van der Waals surface area contributed by atoms with Crippen molar-refractivity contribution in [3.63, 3.8) is 0 Å². The van der Waals surface area contributed by atoms with Gasteiger partial charge in [-0.15, -0.1) is 0 Å². The van der Waals surface area contributed by atoms with Gasteiger partial charge < -0.3 is 43.4 Å². The highest BCUT2D eigenvalue weighted by Gasteiger charge is 2.93. The third kappa shape index (κ3) is 3.83. The quantitative estimate of drug-likeness (QED) is 0.225. The Hall–Kier alpha value is -2.84. The molecule has 13 nitrogen and oxygen atoms in total. The molecule has 6 aliphatic rings. The first-order valence-corrected chi connectivity index (χ1v) is 17.3. The van der Waals surface area contributed by atoms with E-state index in [1.165, 1.54) is 20.1 Å². The normalized spacial score (nSPS) is 51.3. The number of carbonyl (C=O) groups is 4. The molecule has 1 spiro atoms. The second kappa shape index (κ2) is 10.6. The minimum atomic E-state index is -1.84. The van der Waals surface area contributed by atoms with Gasteiger partial charge in [0.1, 0.15) is 17.8 Å². The maximum atomic E-state index is 15.1. The number of ketones is 1. The third-order valence-electron chi connectivity index (χ3n) is 14.5. The summed E-state index contributed by atoms with van der Waals surface area (Å²) in [6, 6.07) is 1.80. The van der Waals surface area contributed by atoms with Crippen molar-refractivity contribution in [3.05, 3.63) is 24.2 Å². The Balaban J connectivity index is 1.45. The summed E-state index contributed by atoms with van der Waals surface area (Å²) < 4.78 is 36.4. The van der Waals surface area contributed by atoms with Crippen LogP contribution in [0.2, 0.25) is 0 Å². The van der Waals surface area contributed by atoms with Gasteiger partial charge in [0, 0.05) is 48.9 Å². The van der Waals surface area contributed by atoms with Crippen LogP contribution < -0.4 is 0 Å². The molecule has 0 aromatic carbocycles. The van der Waals surface area contributed by atoms with Gasteiger partial charge in [0.15, 0.2) is 18.0 Å². The Bertz CT molecular complexity index is 1580. The molecule has 1 aromatic heterocycles. The number of furan rings is 1. The van der Waals surface area contributed by atoms with E-state index in [2.05, 4.69) is 0 Å². The van der Waals surface area contributed by atoms with E-state index in [9.17, 15) is 29.7 Å². The highest BCUT2D eigenvalue weighted by Crippen LogP contribution is 2.83. The number of aliphatic hydroxyl groups is 3. The number of carbonyl (C=O) groups excluding carboxylic acids is 4. The first kappa shape index (κ1) is 34.6. The lowest BCUT2D eigenvalue weighted by Gasteiger charge is -2.75. The second-order valence-corrected chi connectivity index (χ2v) is 16.2. The molecule has 16 atom stereocenters. The number of hydrogen-bond acceptors (Lipinski definition) is 13. The van der Waals surface area contributed by atoms with E-state index in [-0.39, 0.29) is 18.9 Å². The summed E-state index contributed by atoms with van der Waals surface area (Å²) in [6.45, 7) is 12.3. The van der Waals surface area contributed by atoms with Gasteiger partial charge in [-0.2, -0.15) is 0 Å². The van der Waals surface area contributed by atoms with E-state index in [1.807, 2.05) is 13.8 Å². The van der Waals surface area contributed by atoms with Crippen molar-refractivity contribution in [2.75, 3.05) is 6.61 Å². The lowest BCUT2D eigenvalue weighted by molar-refractivity contribution is -0.423. The van der Waals surface area contributed by atoms with Gasteiger partial charge in [0.25, 0.3) is 0 Å². The molecule has 13 heteroatoms. The van der Waals surface area contributed by atoms with Crippen LogP contribution in [0.5, 0.6) is 0 Å². The molecule has 49 heavy (non-hydrogen) atoms. The Morgan fingerprint density at radius 2 is 1.67 bits per heavy atom. The molecular formula is C36H48O13. The largest absolute Gasteiger partial charge is 0.472 e. The lowest BCUT2D eigenvalue weighted by Crippen LogP contribution is -2.86. The van der Waals surface area contributed by atoms with Crippen LogP contribution in [-0.4, -0.2) is 93.6 Å². The minimum absolute atomic E-state index is 0.0430. The van der Waals surface area contributed by atoms with E-state index >= 15 is 4.79 Å². The van der Waals surface area contributed by atoms with Crippen molar-refractivity contribution in [3.8, 4) is 0 Å². The van der Waals surface area contributed by atoms with E-state index in [0.29, 0.717) is 12.8 Å². The molecular weight excluding hydrogens is 640 g/mol. The van der Waals surface area contributed by atoms with Crippen LogP contribution in [0.3, 0.4) is 0 Å². The van der Waals surface area contributed by atoms with Crippen molar-refractivity contribution in [1.82, 2.24) is 0 Å². The van der Waals surface area contributed by atoms with Crippen molar-refractivity contribution in [1.29, 1.82) is 0 Å². The topological polar surface area (TPSA) is 192 Å². The average molecular weight is 689 g/mol. The Morgan fingerprint density at radius 1 is 1.00 bits per heavy atom. The van der Waals surface area contributed by atoms with Crippen molar-refractivity contribution >= 4 is 23.7 Å². The molecule has 3 heterocycles. The van der Waals surface area contributed by atoms with Crippen LogP contribution in [0.25, 0.3) is 0 Å². The highest BCUT2D eigenvalue weighted by atomic mass is 16.7. The molecule has 4 aliphatic carbocycles. The first-order valence-electron chi connectivity index (χ1n) is 17.3. The van der Waals surface area contributed by atoms with E-state index in [4.69, 9.17) is 28.1 Å². The number of epoxide rings is 1. The number of hydrogen-bond donors (Lipinski definition) is 3. The van der Waals surface area contributed by atoms with Crippen molar-refractivity contribution in [2.45, 2.75) is 129 Å². The van der Waals surface area contributed by atoms with Gasteiger partial charge in [0.05, 0.1) is 42.7 Å². The standard InChI is InChI=1S/C36H48O13/c1-9-16(2)30(43)49-34(8)32(6)21-13-22(39)33(7)26(35(21,15-45-34)28(42)25(46-17(3)37)29(32)47-18(4)38)24(40)27(41)31(5)20(19-10-11-44-14-19)12-23-36(31,33)48-23/h10-11,14,16,20-23,25-29,39,41-42H,9,12-13,15H2,1-8H3/t16-,20+,21+,22-,23-,25-,26+,27-,28+,29-,31-,32-,33-,34+,35+,36-/m1/s1. The molecule has 1 aromatic rings. The van der Waals surface area contributed by atoms with Crippen LogP contribution in [-0.2, 0) is 42.9 Å².